The summed E-state index contributed by atoms with van der Waals surface area (Å²) in [5.74, 6) is 2.19. The van der Waals surface area contributed by atoms with E-state index in [2.05, 4.69) is 0 Å². The van der Waals surface area contributed by atoms with E-state index in [4.69, 9.17) is 5.73 Å². The summed E-state index contributed by atoms with van der Waals surface area (Å²) in [5, 5.41) is 0. The minimum Gasteiger partial charge on any atom is -0.328 e. The Morgan fingerprint density at radius 3 is 1.50 bits per heavy atom. The maximum atomic E-state index is 5.82. The summed E-state index contributed by atoms with van der Waals surface area (Å²) in [6.07, 6.45) is 8.46. The topological polar surface area (TPSA) is 26.0 Å². The maximum absolute atomic E-state index is 5.82. The van der Waals surface area contributed by atoms with Crippen molar-refractivity contribution in [2.24, 2.45) is 17.6 Å². The average molecular weight is 139 g/mol. The van der Waals surface area contributed by atoms with E-state index in [1.165, 1.54) is 38.5 Å². The van der Waals surface area contributed by atoms with Gasteiger partial charge in [0.05, 0.1) is 0 Å². The quantitative estimate of drug-likeness (QED) is 0.590. The molecule has 2 fully saturated rings. The number of hydrogen-bond acceptors (Lipinski definition) is 1. The van der Waals surface area contributed by atoms with Crippen LogP contribution in [-0.4, -0.2) is 6.04 Å². The van der Waals surface area contributed by atoms with Crippen LogP contribution in [0.25, 0.3) is 0 Å². The minimum absolute atomic E-state index is 0.537. The summed E-state index contributed by atoms with van der Waals surface area (Å²) < 4.78 is 0. The van der Waals surface area contributed by atoms with Gasteiger partial charge in [-0.25, -0.2) is 0 Å². The first-order valence-electron chi connectivity index (χ1n) is 4.62. The van der Waals surface area contributed by atoms with Crippen LogP contribution in [0.3, 0.4) is 0 Å². The molecular formula is C9H17N. The largest absolute Gasteiger partial charge is 0.328 e. The summed E-state index contributed by atoms with van der Waals surface area (Å²) in [6.45, 7) is 0. The normalized spacial score (nSPS) is 41.7. The molecule has 0 bridgehead atoms. The highest BCUT2D eigenvalue weighted by Crippen LogP contribution is 2.43. The van der Waals surface area contributed by atoms with Gasteiger partial charge in [-0.15, -0.1) is 0 Å². The highest BCUT2D eigenvalue weighted by molar-refractivity contribution is 4.85. The van der Waals surface area contributed by atoms with Gasteiger partial charge in [0.25, 0.3) is 0 Å². The molecule has 0 unspecified atom stereocenters. The second-order valence-corrected chi connectivity index (χ2v) is 4.01. The van der Waals surface area contributed by atoms with E-state index >= 15 is 0 Å². The van der Waals surface area contributed by atoms with Crippen molar-refractivity contribution >= 4 is 0 Å². The van der Waals surface area contributed by atoms with Gasteiger partial charge in [0.2, 0.25) is 0 Å². The van der Waals surface area contributed by atoms with Gasteiger partial charge in [0.1, 0.15) is 0 Å². The molecule has 0 saturated heterocycles. The molecule has 2 aliphatic rings. The smallest absolute Gasteiger partial charge is 0.00390 e. The molecule has 0 aromatic rings. The van der Waals surface area contributed by atoms with Gasteiger partial charge < -0.3 is 5.73 Å². The lowest BCUT2D eigenvalue weighted by atomic mass is 9.83. The van der Waals surface area contributed by atoms with Gasteiger partial charge in [-0.05, 0) is 50.4 Å². The molecule has 0 aromatic heterocycles. The van der Waals surface area contributed by atoms with E-state index in [0.29, 0.717) is 6.04 Å². The van der Waals surface area contributed by atoms with Crippen LogP contribution < -0.4 is 5.73 Å². The molecule has 0 radical (unpaired) electrons. The third-order valence-electron chi connectivity index (χ3n) is 3.11. The Labute approximate surface area is 63.0 Å². The van der Waals surface area contributed by atoms with Crippen molar-refractivity contribution in [1.29, 1.82) is 0 Å². The Hall–Kier alpha value is -0.0400. The lowest BCUT2D eigenvalue weighted by Gasteiger charge is -2.25. The Bertz CT molecular complexity index is 110. The molecule has 0 amide bonds. The van der Waals surface area contributed by atoms with Crippen LogP contribution in [0.1, 0.15) is 38.5 Å². The van der Waals surface area contributed by atoms with Gasteiger partial charge in [0, 0.05) is 6.04 Å². The predicted molar refractivity (Wildman–Crippen MR) is 42.7 cm³/mol. The van der Waals surface area contributed by atoms with Crippen LogP contribution in [0.15, 0.2) is 0 Å². The fourth-order valence-electron chi connectivity index (χ4n) is 2.18. The molecule has 0 heterocycles. The summed E-state index contributed by atoms with van der Waals surface area (Å²) >= 11 is 0. The minimum atomic E-state index is 0.537. The first-order chi connectivity index (χ1) is 4.86. The van der Waals surface area contributed by atoms with Crippen molar-refractivity contribution in [3.8, 4) is 0 Å². The van der Waals surface area contributed by atoms with Gasteiger partial charge in [-0.2, -0.15) is 0 Å². The van der Waals surface area contributed by atoms with Crippen molar-refractivity contribution < 1.29 is 0 Å². The van der Waals surface area contributed by atoms with Crippen molar-refractivity contribution in [3.63, 3.8) is 0 Å². The van der Waals surface area contributed by atoms with Gasteiger partial charge in [0.15, 0.2) is 0 Å². The zero-order chi connectivity index (χ0) is 6.97. The predicted octanol–water partition coefficient (Wildman–Crippen LogP) is 1.91. The first kappa shape index (κ1) is 6.66. The van der Waals surface area contributed by atoms with Crippen LogP contribution in [0.2, 0.25) is 0 Å². The second-order valence-electron chi connectivity index (χ2n) is 4.01. The van der Waals surface area contributed by atoms with E-state index in [1.54, 1.807) is 0 Å². The van der Waals surface area contributed by atoms with E-state index in [1.807, 2.05) is 0 Å². The van der Waals surface area contributed by atoms with Gasteiger partial charge in [-0.3, -0.25) is 0 Å². The third-order valence-corrected chi connectivity index (χ3v) is 3.11. The van der Waals surface area contributed by atoms with Crippen molar-refractivity contribution in [2.45, 2.75) is 44.6 Å². The molecule has 2 aliphatic carbocycles. The maximum Gasteiger partial charge on any atom is 0.00390 e. The Balaban J connectivity index is 1.79. The molecule has 10 heavy (non-hydrogen) atoms. The van der Waals surface area contributed by atoms with Gasteiger partial charge >= 0.3 is 0 Å². The summed E-state index contributed by atoms with van der Waals surface area (Å²) in [4.78, 5) is 0. The molecule has 0 aromatic carbocycles. The van der Waals surface area contributed by atoms with Crippen molar-refractivity contribution in [3.05, 3.63) is 0 Å². The van der Waals surface area contributed by atoms with Crippen LogP contribution in [-0.2, 0) is 0 Å². The van der Waals surface area contributed by atoms with E-state index in [9.17, 15) is 0 Å². The number of hydrogen-bond donors (Lipinski definition) is 1. The molecule has 2 saturated carbocycles. The van der Waals surface area contributed by atoms with Crippen LogP contribution in [0.5, 0.6) is 0 Å². The number of nitrogens with two attached hydrogens (primary N) is 1. The monoisotopic (exact) mass is 139 g/mol. The zero-order valence-corrected chi connectivity index (χ0v) is 6.55. The standard InChI is InChI=1S/C9H17N/c10-9-5-3-8(4-6-9)7-1-2-7/h7-9H,1-6,10H2/t8-,9-. The van der Waals surface area contributed by atoms with E-state index < -0.39 is 0 Å². The Morgan fingerprint density at radius 1 is 0.700 bits per heavy atom. The lowest BCUT2D eigenvalue weighted by Crippen LogP contribution is -2.27. The molecule has 0 aliphatic heterocycles. The highest BCUT2D eigenvalue weighted by atomic mass is 14.6. The zero-order valence-electron chi connectivity index (χ0n) is 6.55. The molecule has 1 heteroatoms. The molecule has 0 spiro atoms. The van der Waals surface area contributed by atoms with Crippen molar-refractivity contribution in [1.82, 2.24) is 0 Å². The SMILES string of the molecule is N[C@H]1CC[C@H](C2CC2)CC1. The molecule has 1 nitrogen and oxygen atoms in total. The molecule has 2 N–H and O–H groups in total. The molecule has 2 rings (SSSR count). The van der Waals surface area contributed by atoms with Crippen LogP contribution >= 0.6 is 0 Å². The van der Waals surface area contributed by atoms with E-state index in [0.717, 1.165) is 11.8 Å². The summed E-state index contributed by atoms with van der Waals surface area (Å²) in [5.41, 5.74) is 5.82. The molecule has 58 valence electrons. The second kappa shape index (κ2) is 2.54. The van der Waals surface area contributed by atoms with Crippen molar-refractivity contribution in [2.75, 3.05) is 0 Å². The highest BCUT2D eigenvalue weighted by Gasteiger charge is 2.32. The van der Waals surface area contributed by atoms with E-state index in [-0.39, 0.29) is 0 Å². The Kier molecular flexibility index (Phi) is 1.69. The fraction of sp³-hybridized carbons (Fsp3) is 1.00. The molecule has 0 atom stereocenters. The summed E-state index contributed by atoms with van der Waals surface area (Å²) in [6, 6.07) is 0.537. The first-order valence-corrected chi connectivity index (χ1v) is 4.62. The third kappa shape index (κ3) is 1.34. The lowest BCUT2D eigenvalue weighted by molar-refractivity contribution is 0.296. The molecular weight excluding hydrogens is 122 g/mol. The Morgan fingerprint density at radius 2 is 1.10 bits per heavy atom. The van der Waals surface area contributed by atoms with Crippen LogP contribution in [0.4, 0.5) is 0 Å². The van der Waals surface area contributed by atoms with Crippen LogP contribution in [0, 0.1) is 11.8 Å². The fourth-order valence-corrected chi connectivity index (χ4v) is 2.18. The summed E-state index contributed by atoms with van der Waals surface area (Å²) in [7, 11) is 0. The average Bonchev–Trinajstić information content (AvgIpc) is 2.71. The number of rotatable bonds is 1. The van der Waals surface area contributed by atoms with Gasteiger partial charge in [-0.1, -0.05) is 0 Å².